The summed E-state index contributed by atoms with van der Waals surface area (Å²) < 4.78 is 0. The third-order valence-electron chi connectivity index (χ3n) is 2.48. The Hall–Kier alpha value is -2.29. The van der Waals surface area contributed by atoms with Crippen LogP contribution in [0.3, 0.4) is 0 Å². The Labute approximate surface area is 108 Å². The molecule has 0 aliphatic heterocycles. The van der Waals surface area contributed by atoms with Gasteiger partial charge in [-0.25, -0.2) is 0 Å². The number of benzene rings is 2. The quantitative estimate of drug-likeness (QED) is 0.621. The number of rotatable bonds is 2. The molecule has 0 bridgehead atoms. The van der Waals surface area contributed by atoms with Crippen LogP contribution in [0, 0.1) is 6.92 Å². The molecule has 2 rings (SSSR count). The predicted molar refractivity (Wildman–Crippen MR) is 77.9 cm³/mol. The van der Waals surface area contributed by atoms with Crippen LogP contribution in [0.15, 0.2) is 59.6 Å². The monoisotopic (exact) mass is 238 g/mol. The molecular formula is C15H16N3. The van der Waals surface area contributed by atoms with Gasteiger partial charge in [-0.15, -0.1) is 0 Å². The second-order valence-electron chi connectivity index (χ2n) is 3.89. The van der Waals surface area contributed by atoms with Crippen molar-refractivity contribution in [2.45, 2.75) is 0 Å². The van der Waals surface area contributed by atoms with Crippen molar-refractivity contribution in [3.05, 3.63) is 67.1 Å². The molecule has 0 aliphatic carbocycles. The highest BCUT2D eigenvalue weighted by Crippen LogP contribution is 2.10. The van der Waals surface area contributed by atoms with Gasteiger partial charge in [0.15, 0.2) is 5.96 Å². The van der Waals surface area contributed by atoms with Crippen molar-refractivity contribution in [2.75, 3.05) is 17.7 Å². The van der Waals surface area contributed by atoms with Gasteiger partial charge in [-0.05, 0) is 36.8 Å². The summed E-state index contributed by atoms with van der Waals surface area (Å²) in [6, 6.07) is 17.8. The molecule has 0 spiro atoms. The first-order valence-corrected chi connectivity index (χ1v) is 5.76. The Morgan fingerprint density at radius 1 is 0.889 bits per heavy atom. The van der Waals surface area contributed by atoms with Crippen molar-refractivity contribution >= 4 is 17.3 Å². The molecule has 0 heterocycles. The summed E-state index contributed by atoms with van der Waals surface area (Å²) in [5.74, 6) is 0.706. The van der Waals surface area contributed by atoms with Crippen LogP contribution in [0.2, 0.25) is 0 Å². The van der Waals surface area contributed by atoms with Crippen LogP contribution >= 0.6 is 0 Å². The molecule has 0 saturated carbocycles. The first kappa shape index (κ1) is 12.2. The van der Waals surface area contributed by atoms with Crippen LogP contribution in [0.5, 0.6) is 0 Å². The Kier molecular flexibility index (Phi) is 3.97. The lowest BCUT2D eigenvalue weighted by Crippen LogP contribution is -2.21. The fourth-order valence-corrected chi connectivity index (χ4v) is 1.53. The van der Waals surface area contributed by atoms with Gasteiger partial charge in [0.1, 0.15) is 0 Å². The molecule has 0 aliphatic rings. The summed E-state index contributed by atoms with van der Waals surface area (Å²) in [7, 11) is 1.74. The van der Waals surface area contributed by atoms with Gasteiger partial charge >= 0.3 is 0 Å². The standard InChI is InChI=1S/C15H16N3/c1-12-8-10-14(11-9-12)18-15(16-2)17-13-6-4-3-5-7-13/h3-11H,1H2,2H3,(H2,16,17,18). The zero-order valence-corrected chi connectivity index (χ0v) is 10.4. The zero-order chi connectivity index (χ0) is 12.8. The van der Waals surface area contributed by atoms with Crippen LogP contribution < -0.4 is 10.6 Å². The number of guanidine groups is 1. The average molecular weight is 238 g/mol. The van der Waals surface area contributed by atoms with Crippen molar-refractivity contribution in [3.8, 4) is 0 Å². The summed E-state index contributed by atoms with van der Waals surface area (Å²) in [5.41, 5.74) is 2.97. The number of nitrogens with one attached hydrogen (secondary N) is 2. The number of anilines is 2. The molecule has 3 nitrogen and oxygen atoms in total. The third kappa shape index (κ3) is 3.35. The lowest BCUT2D eigenvalue weighted by molar-refractivity contribution is 1.39. The summed E-state index contributed by atoms with van der Waals surface area (Å²) in [6.45, 7) is 3.86. The van der Waals surface area contributed by atoms with Crippen LogP contribution in [-0.2, 0) is 0 Å². The molecule has 0 saturated heterocycles. The van der Waals surface area contributed by atoms with E-state index in [1.165, 1.54) is 0 Å². The third-order valence-corrected chi connectivity index (χ3v) is 2.48. The van der Waals surface area contributed by atoms with Crippen LogP contribution in [-0.4, -0.2) is 13.0 Å². The van der Waals surface area contributed by atoms with E-state index in [-0.39, 0.29) is 0 Å². The summed E-state index contributed by atoms with van der Waals surface area (Å²) >= 11 is 0. The highest BCUT2D eigenvalue weighted by atomic mass is 15.2. The zero-order valence-electron chi connectivity index (χ0n) is 10.4. The molecular weight excluding hydrogens is 222 g/mol. The topological polar surface area (TPSA) is 36.4 Å². The van der Waals surface area contributed by atoms with E-state index in [0.29, 0.717) is 5.96 Å². The normalized spacial score (nSPS) is 11.1. The van der Waals surface area contributed by atoms with Gasteiger partial charge in [0.05, 0.1) is 0 Å². The fourth-order valence-electron chi connectivity index (χ4n) is 1.53. The van der Waals surface area contributed by atoms with Crippen molar-refractivity contribution in [1.82, 2.24) is 0 Å². The molecule has 2 aromatic carbocycles. The van der Waals surface area contributed by atoms with Crippen molar-refractivity contribution in [3.63, 3.8) is 0 Å². The van der Waals surface area contributed by atoms with Crippen LogP contribution in [0.4, 0.5) is 11.4 Å². The maximum atomic E-state index is 4.18. The molecule has 0 amide bonds. The van der Waals surface area contributed by atoms with E-state index >= 15 is 0 Å². The molecule has 0 atom stereocenters. The van der Waals surface area contributed by atoms with Crippen molar-refractivity contribution in [2.24, 2.45) is 4.99 Å². The number of hydrogen-bond acceptors (Lipinski definition) is 1. The lowest BCUT2D eigenvalue weighted by Gasteiger charge is -2.11. The van der Waals surface area contributed by atoms with Gasteiger partial charge in [0, 0.05) is 18.4 Å². The second kappa shape index (κ2) is 5.87. The van der Waals surface area contributed by atoms with Crippen molar-refractivity contribution < 1.29 is 0 Å². The molecule has 3 heteroatoms. The SMILES string of the molecule is [CH2]c1ccc(NC(=NC)Nc2ccccc2)cc1. The molecule has 2 N–H and O–H groups in total. The number of aliphatic imine (C=N–C) groups is 1. The average Bonchev–Trinajstić information content (AvgIpc) is 2.41. The van der Waals surface area contributed by atoms with Crippen molar-refractivity contribution in [1.29, 1.82) is 0 Å². The van der Waals surface area contributed by atoms with Gasteiger partial charge in [0.2, 0.25) is 0 Å². The smallest absolute Gasteiger partial charge is 0.200 e. The van der Waals surface area contributed by atoms with E-state index in [1.54, 1.807) is 7.05 Å². The molecule has 2 aromatic rings. The summed E-state index contributed by atoms with van der Waals surface area (Å²) in [5, 5.41) is 6.43. The number of para-hydroxylation sites is 1. The van der Waals surface area contributed by atoms with E-state index < -0.39 is 0 Å². The number of nitrogens with zero attached hydrogens (tertiary/aromatic N) is 1. The Morgan fingerprint density at radius 2 is 1.44 bits per heavy atom. The molecule has 0 fully saturated rings. The summed E-state index contributed by atoms with van der Waals surface area (Å²) in [6.07, 6.45) is 0. The van der Waals surface area contributed by atoms with E-state index in [4.69, 9.17) is 0 Å². The predicted octanol–water partition coefficient (Wildman–Crippen LogP) is 3.38. The van der Waals surface area contributed by atoms with Crippen LogP contribution in [0.25, 0.3) is 0 Å². The fraction of sp³-hybridized carbons (Fsp3) is 0.0667. The van der Waals surface area contributed by atoms with Gasteiger partial charge in [-0.3, -0.25) is 4.99 Å². The molecule has 18 heavy (non-hydrogen) atoms. The van der Waals surface area contributed by atoms with E-state index in [9.17, 15) is 0 Å². The highest BCUT2D eigenvalue weighted by Gasteiger charge is 1.99. The van der Waals surface area contributed by atoms with Gasteiger partial charge in [-0.2, -0.15) is 0 Å². The largest absolute Gasteiger partial charge is 0.326 e. The highest BCUT2D eigenvalue weighted by molar-refractivity contribution is 6.03. The molecule has 91 valence electrons. The van der Waals surface area contributed by atoms with Gasteiger partial charge < -0.3 is 10.6 Å². The minimum absolute atomic E-state index is 0.706. The maximum absolute atomic E-state index is 4.18. The Balaban J connectivity index is 2.04. The Bertz CT molecular complexity index is 515. The number of hydrogen-bond donors (Lipinski definition) is 2. The van der Waals surface area contributed by atoms with E-state index in [2.05, 4.69) is 22.5 Å². The minimum atomic E-state index is 0.706. The summed E-state index contributed by atoms with van der Waals surface area (Å²) in [4.78, 5) is 4.18. The molecule has 0 unspecified atom stereocenters. The molecule has 1 radical (unpaired) electrons. The van der Waals surface area contributed by atoms with Gasteiger partial charge in [0.25, 0.3) is 0 Å². The van der Waals surface area contributed by atoms with E-state index in [0.717, 1.165) is 16.9 Å². The van der Waals surface area contributed by atoms with Gasteiger partial charge in [-0.1, -0.05) is 30.3 Å². The lowest BCUT2D eigenvalue weighted by atomic mass is 10.2. The van der Waals surface area contributed by atoms with Crippen LogP contribution in [0.1, 0.15) is 5.56 Å². The first-order chi connectivity index (χ1) is 8.78. The first-order valence-electron chi connectivity index (χ1n) is 5.76. The second-order valence-corrected chi connectivity index (χ2v) is 3.89. The Morgan fingerprint density at radius 3 is 2.00 bits per heavy atom. The maximum Gasteiger partial charge on any atom is 0.200 e. The minimum Gasteiger partial charge on any atom is -0.326 e. The molecule has 0 aromatic heterocycles. The van der Waals surface area contributed by atoms with E-state index in [1.807, 2.05) is 54.6 Å².